The molecule has 0 amide bonds. The molecule has 0 atom stereocenters. The lowest BCUT2D eigenvalue weighted by Gasteiger charge is -2.36. The Morgan fingerprint density at radius 1 is 1.25 bits per heavy atom. The largest absolute Gasteiger partial charge is 0.335 e. The number of nitrogens with zero attached hydrogens (tertiary/aromatic N) is 1. The quantitative estimate of drug-likeness (QED) is 0.772. The lowest BCUT2D eigenvalue weighted by atomic mass is 9.70. The molecule has 0 aliphatic heterocycles. The van der Waals surface area contributed by atoms with Gasteiger partial charge in [0.05, 0.1) is 5.92 Å². The zero-order chi connectivity index (χ0) is 14.8. The molecule has 1 aromatic rings. The zero-order valence-electron chi connectivity index (χ0n) is 12.5. The molecule has 1 saturated carbocycles. The van der Waals surface area contributed by atoms with Crippen LogP contribution in [0.25, 0.3) is 0 Å². The minimum absolute atomic E-state index is 0.00991. The molecule has 3 nitrogen and oxygen atoms in total. The van der Waals surface area contributed by atoms with Crippen LogP contribution in [0.5, 0.6) is 0 Å². The minimum atomic E-state index is -0.153. The van der Waals surface area contributed by atoms with Crippen molar-refractivity contribution in [2.45, 2.75) is 46.5 Å². The number of hydrogen-bond acceptors (Lipinski definition) is 3. The Morgan fingerprint density at radius 3 is 2.45 bits per heavy atom. The van der Waals surface area contributed by atoms with Crippen LogP contribution in [0, 0.1) is 21.9 Å². The van der Waals surface area contributed by atoms with Gasteiger partial charge < -0.3 is 4.84 Å². The van der Waals surface area contributed by atoms with E-state index in [9.17, 15) is 4.79 Å². The predicted octanol–water partition coefficient (Wildman–Crippen LogP) is 4.03. The highest BCUT2D eigenvalue weighted by Gasteiger charge is 2.33. The van der Waals surface area contributed by atoms with Gasteiger partial charge in [0.15, 0.2) is 0 Å². The average Bonchev–Trinajstić information content (AvgIpc) is 2.40. The Balaban J connectivity index is 1.93. The monoisotopic (exact) mass is 293 g/mol. The highest BCUT2D eigenvalue weighted by Crippen LogP contribution is 2.39. The van der Waals surface area contributed by atoms with Gasteiger partial charge in [0.1, 0.15) is 4.64 Å². The fourth-order valence-corrected chi connectivity index (χ4v) is 3.03. The van der Waals surface area contributed by atoms with Gasteiger partial charge in [-0.3, -0.25) is 0 Å². The third-order valence-electron chi connectivity index (χ3n) is 4.26. The van der Waals surface area contributed by atoms with E-state index in [2.05, 4.69) is 20.8 Å². The van der Waals surface area contributed by atoms with E-state index < -0.39 is 0 Å². The van der Waals surface area contributed by atoms with Crippen LogP contribution in [-0.2, 0) is 4.79 Å². The van der Waals surface area contributed by atoms with Crippen molar-refractivity contribution in [2.24, 2.45) is 17.3 Å². The van der Waals surface area contributed by atoms with Gasteiger partial charge in [-0.25, -0.2) is 4.79 Å². The number of carbonyl (C=O) groups is 1. The first-order valence-corrected chi connectivity index (χ1v) is 7.68. The van der Waals surface area contributed by atoms with Crippen molar-refractivity contribution >= 4 is 18.2 Å². The summed E-state index contributed by atoms with van der Waals surface area (Å²) in [5.74, 6) is 0.556. The van der Waals surface area contributed by atoms with Crippen molar-refractivity contribution in [3.05, 3.63) is 29.0 Å². The van der Waals surface area contributed by atoms with E-state index in [1.54, 1.807) is 18.3 Å². The van der Waals surface area contributed by atoms with Crippen LogP contribution < -0.4 is 4.84 Å². The van der Waals surface area contributed by atoms with Gasteiger partial charge in [0.25, 0.3) is 0 Å². The summed E-state index contributed by atoms with van der Waals surface area (Å²) in [5, 5.41) is 0. The zero-order valence-corrected chi connectivity index (χ0v) is 13.3. The second-order valence-corrected chi connectivity index (χ2v) is 7.11. The molecular weight excluding hydrogens is 270 g/mol. The van der Waals surface area contributed by atoms with Crippen LogP contribution in [0.4, 0.5) is 0 Å². The van der Waals surface area contributed by atoms with Crippen LogP contribution in [0.3, 0.4) is 0 Å². The second kappa shape index (κ2) is 6.08. The molecule has 4 heteroatoms. The van der Waals surface area contributed by atoms with Crippen LogP contribution >= 0.6 is 12.2 Å². The lowest BCUT2D eigenvalue weighted by molar-refractivity contribution is -0.151. The van der Waals surface area contributed by atoms with Crippen molar-refractivity contribution in [3.8, 4) is 0 Å². The van der Waals surface area contributed by atoms with E-state index >= 15 is 0 Å². The van der Waals surface area contributed by atoms with Crippen LogP contribution in [-0.4, -0.2) is 10.7 Å². The van der Waals surface area contributed by atoms with Gasteiger partial charge in [0.2, 0.25) is 0 Å². The molecule has 0 bridgehead atoms. The topological polar surface area (TPSA) is 31.2 Å². The van der Waals surface area contributed by atoms with E-state index in [1.165, 1.54) is 4.73 Å². The Morgan fingerprint density at radius 2 is 1.90 bits per heavy atom. The molecule has 0 N–H and O–H groups in total. The van der Waals surface area contributed by atoms with Crippen LogP contribution in [0.1, 0.15) is 46.5 Å². The molecular formula is C16H23NO2S. The van der Waals surface area contributed by atoms with Gasteiger partial charge in [-0.2, -0.15) is 4.73 Å². The Bertz CT molecular complexity index is 522. The van der Waals surface area contributed by atoms with Crippen molar-refractivity contribution in [3.63, 3.8) is 0 Å². The number of aromatic nitrogens is 1. The summed E-state index contributed by atoms with van der Waals surface area (Å²) in [4.78, 5) is 17.6. The molecule has 1 aromatic heterocycles. The predicted molar refractivity (Wildman–Crippen MR) is 81.8 cm³/mol. The summed E-state index contributed by atoms with van der Waals surface area (Å²) in [6.45, 7) is 6.83. The van der Waals surface area contributed by atoms with E-state index in [0.29, 0.717) is 16.0 Å². The van der Waals surface area contributed by atoms with Gasteiger partial charge in [-0.15, -0.1) is 0 Å². The molecule has 110 valence electrons. The lowest BCUT2D eigenvalue weighted by Crippen LogP contribution is -2.33. The maximum Gasteiger partial charge on any atom is 0.335 e. The van der Waals surface area contributed by atoms with Crippen molar-refractivity contribution in [1.29, 1.82) is 0 Å². The summed E-state index contributed by atoms with van der Waals surface area (Å²) in [6.07, 6.45) is 5.72. The van der Waals surface area contributed by atoms with Gasteiger partial charge in [-0.05, 0) is 49.1 Å². The number of hydrogen-bond donors (Lipinski definition) is 0. The summed E-state index contributed by atoms with van der Waals surface area (Å²) >= 11 is 5.13. The normalized spacial score (nSPS) is 23.4. The highest BCUT2D eigenvalue weighted by molar-refractivity contribution is 7.71. The number of carbonyl (C=O) groups excluding carboxylic acids is 1. The van der Waals surface area contributed by atoms with Crippen LogP contribution in [0.15, 0.2) is 24.4 Å². The van der Waals surface area contributed by atoms with E-state index in [4.69, 9.17) is 17.1 Å². The average molecular weight is 293 g/mol. The van der Waals surface area contributed by atoms with Crippen molar-refractivity contribution < 1.29 is 9.63 Å². The third kappa shape index (κ3) is 3.69. The molecule has 0 saturated heterocycles. The van der Waals surface area contributed by atoms with Gasteiger partial charge >= 0.3 is 5.97 Å². The maximum atomic E-state index is 12.2. The Hall–Kier alpha value is -1.16. The molecule has 20 heavy (non-hydrogen) atoms. The first kappa shape index (κ1) is 15.2. The first-order valence-electron chi connectivity index (χ1n) is 7.28. The summed E-state index contributed by atoms with van der Waals surface area (Å²) in [7, 11) is 0. The fourth-order valence-electron chi connectivity index (χ4n) is 2.85. The summed E-state index contributed by atoms with van der Waals surface area (Å²) in [6, 6.07) is 5.39. The van der Waals surface area contributed by atoms with E-state index in [0.717, 1.165) is 25.7 Å². The van der Waals surface area contributed by atoms with Crippen LogP contribution in [0.2, 0.25) is 0 Å². The smallest absolute Gasteiger partial charge is 0.335 e. The molecule has 0 radical (unpaired) electrons. The van der Waals surface area contributed by atoms with Crippen molar-refractivity contribution in [1.82, 2.24) is 4.73 Å². The molecule has 1 fully saturated rings. The standard InChI is InChI=1S/C16H23NO2S/c1-16(2,3)13-9-7-12(8-10-13)15(18)19-17-11-5-4-6-14(17)20/h4-6,11-13H,7-10H2,1-3H3. The Labute approximate surface area is 125 Å². The molecule has 0 unspecified atom stereocenters. The molecule has 2 rings (SSSR count). The van der Waals surface area contributed by atoms with Gasteiger partial charge in [-0.1, -0.05) is 39.1 Å². The molecule has 1 aliphatic rings. The van der Waals surface area contributed by atoms with Crippen molar-refractivity contribution in [2.75, 3.05) is 0 Å². The van der Waals surface area contributed by atoms with E-state index in [-0.39, 0.29) is 11.9 Å². The molecule has 0 aromatic carbocycles. The molecule has 0 spiro atoms. The highest BCUT2D eigenvalue weighted by atomic mass is 32.1. The SMILES string of the molecule is CC(C)(C)C1CCC(C(=O)On2ccccc2=S)CC1. The number of pyridine rings is 1. The number of rotatable bonds is 2. The maximum absolute atomic E-state index is 12.2. The third-order valence-corrected chi connectivity index (χ3v) is 4.58. The van der Waals surface area contributed by atoms with E-state index in [1.807, 2.05) is 6.07 Å². The summed E-state index contributed by atoms with van der Waals surface area (Å²) in [5.41, 5.74) is 0.330. The molecule has 1 aliphatic carbocycles. The first-order chi connectivity index (χ1) is 9.38. The fraction of sp³-hybridized carbons (Fsp3) is 0.625. The second-order valence-electron chi connectivity index (χ2n) is 6.69. The van der Waals surface area contributed by atoms with Gasteiger partial charge in [0, 0.05) is 6.20 Å². The summed E-state index contributed by atoms with van der Waals surface area (Å²) < 4.78 is 1.90. The minimum Gasteiger partial charge on any atom is -0.335 e. The molecule has 1 heterocycles. The Kier molecular flexibility index (Phi) is 4.63.